The number of phosphoric ester groups is 1. The number of rotatable bonds is 25. The molecule has 1 saturated heterocycles. The molecule has 1 aliphatic heterocycles. The normalized spacial score (nSPS) is 18.5. The van der Waals surface area contributed by atoms with Gasteiger partial charge in [0.25, 0.3) is 5.91 Å². The van der Waals surface area contributed by atoms with Gasteiger partial charge < -0.3 is 65.4 Å². The maximum Gasteiger partial charge on any atom is 0.490 e. The van der Waals surface area contributed by atoms with Crippen molar-refractivity contribution in [3.8, 4) is 17.6 Å². The standard InChI is InChI=1S/C28H39N12O18P3/c29-6-8-34-27(42)18-3-1-5-20(11-18)53-16-24(37-39-32)52-10-9-51-15-23(41)33-7-2-4-19-13-40(28(43)36-26(19)30)25-12-21(54-17-35-38-31)22(56-25)14-55-60(47,48)58-61(49,50)57-59(44,45)46/h1,3,5,11,13,21-22,24-25H,6-10,12,14-17,29H2,(H,33,41)(H,34,42)(H,47,48)(H,49,50)(H2,30,36,43)(H2,44,45,46). The van der Waals surface area contributed by atoms with Crippen molar-refractivity contribution in [2.75, 3.05) is 65.1 Å². The minimum absolute atomic E-state index is 0.00613. The number of amides is 2. The Morgan fingerprint density at radius 3 is 2.59 bits per heavy atom. The summed E-state index contributed by atoms with van der Waals surface area (Å²) in [7, 11) is -17.0. The quantitative estimate of drug-likeness (QED) is 0.0162. The zero-order valence-electron chi connectivity index (χ0n) is 31.3. The third-order valence-corrected chi connectivity index (χ3v) is 11.0. The molecule has 2 heterocycles. The van der Waals surface area contributed by atoms with Crippen molar-refractivity contribution in [1.29, 1.82) is 0 Å². The average Bonchev–Trinajstić information content (AvgIpc) is 3.58. The molecule has 334 valence electrons. The Hall–Kier alpha value is -4.97. The summed E-state index contributed by atoms with van der Waals surface area (Å²) in [5, 5.41) is 11.8. The SMILES string of the molecule is [N-]=[N+]=NCOC1CC(n2cc(C#CCNC(=O)COCCOC(COc3cccc(C(=O)NCCN)c3)N=[N+]=[N-])c(N)nc2=O)OC1COP(=O)(O)OP(=O)(O)OP(=O)(O)O. The smallest absolute Gasteiger partial charge is 0.490 e. The van der Waals surface area contributed by atoms with Crippen molar-refractivity contribution in [2.45, 2.75) is 31.1 Å². The summed E-state index contributed by atoms with van der Waals surface area (Å²) in [5.74, 6) is 4.34. The van der Waals surface area contributed by atoms with Gasteiger partial charge in [0.15, 0.2) is 6.23 Å². The molecule has 0 bridgehead atoms. The van der Waals surface area contributed by atoms with E-state index >= 15 is 0 Å². The molecule has 1 aromatic heterocycles. The third kappa shape index (κ3) is 18.7. The predicted octanol–water partition coefficient (Wildman–Crippen LogP) is 0.0141. The summed E-state index contributed by atoms with van der Waals surface area (Å²) in [6.07, 6.45) is -3.88. The number of anilines is 1. The van der Waals surface area contributed by atoms with Crippen LogP contribution in [0.1, 0.15) is 28.6 Å². The van der Waals surface area contributed by atoms with Crippen LogP contribution in [0.15, 0.2) is 45.5 Å². The van der Waals surface area contributed by atoms with E-state index in [2.05, 4.69) is 60.7 Å². The fourth-order valence-corrected chi connectivity index (χ4v) is 7.73. The number of phosphoric acid groups is 3. The molecule has 1 aromatic carbocycles. The first kappa shape index (κ1) is 50.4. The van der Waals surface area contributed by atoms with Crippen LogP contribution < -0.4 is 32.5 Å². The molecule has 6 atom stereocenters. The number of ether oxygens (including phenoxy) is 5. The van der Waals surface area contributed by atoms with Gasteiger partial charge in [0, 0.05) is 41.1 Å². The minimum Gasteiger partial charge on any atom is -0.491 e. The van der Waals surface area contributed by atoms with Gasteiger partial charge in [-0.25, -0.2) is 18.5 Å². The van der Waals surface area contributed by atoms with E-state index in [-0.39, 0.29) is 56.6 Å². The minimum atomic E-state index is -5.82. The molecular formula is C28H39N12O18P3. The van der Waals surface area contributed by atoms with Crippen LogP contribution >= 0.6 is 23.5 Å². The van der Waals surface area contributed by atoms with Crippen LogP contribution in [0.5, 0.6) is 5.75 Å². The van der Waals surface area contributed by atoms with Gasteiger partial charge in [0.1, 0.15) is 43.8 Å². The number of carbonyl (C=O) groups is 2. The van der Waals surface area contributed by atoms with E-state index in [4.69, 9.17) is 56.0 Å². The van der Waals surface area contributed by atoms with Crippen LogP contribution in [-0.4, -0.2) is 119 Å². The van der Waals surface area contributed by atoms with Crippen molar-refractivity contribution in [3.05, 3.63) is 73.0 Å². The summed E-state index contributed by atoms with van der Waals surface area (Å²) in [4.78, 5) is 82.7. The van der Waals surface area contributed by atoms with E-state index in [1.807, 2.05) is 0 Å². The number of nitrogens with one attached hydrogen (secondary N) is 2. The highest BCUT2D eigenvalue weighted by Crippen LogP contribution is 2.66. The number of aromatic nitrogens is 2. The number of nitrogens with two attached hydrogens (primary N) is 2. The second-order valence-electron chi connectivity index (χ2n) is 11.6. The number of azide groups is 2. The first-order valence-electron chi connectivity index (χ1n) is 17.0. The van der Waals surface area contributed by atoms with Gasteiger partial charge in [-0.15, -0.1) is 0 Å². The Labute approximate surface area is 343 Å². The summed E-state index contributed by atoms with van der Waals surface area (Å²) < 4.78 is 75.1. The summed E-state index contributed by atoms with van der Waals surface area (Å²) in [5.41, 5.74) is 28.1. The molecule has 6 unspecified atom stereocenters. The monoisotopic (exact) mass is 924 g/mol. The lowest BCUT2D eigenvalue weighted by molar-refractivity contribution is -0.126. The average molecular weight is 925 g/mol. The molecule has 1 aliphatic rings. The molecular weight excluding hydrogens is 885 g/mol. The van der Waals surface area contributed by atoms with Gasteiger partial charge in [-0.05, 0) is 29.3 Å². The number of nitrogens with zero attached hydrogens (tertiary/aromatic N) is 8. The van der Waals surface area contributed by atoms with Crippen LogP contribution in [0.25, 0.3) is 20.9 Å². The van der Waals surface area contributed by atoms with Gasteiger partial charge >= 0.3 is 29.2 Å². The van der Waals surface area contributed by atoms with Gasteiger partial charge in [-0.1, -0.05) is 28.1 Å². The topological polar surface area (TPSA) is 449 Å². The number of hydrogen-bond acceptors (Lipinski definition) is 19. The Kier molecular flexibility index (Phi) is 20.2. The van der Waals surface area contributed by atoms with Crippen molar-refractivity contribution >= 4 is 41.1 Å². The highest BCUT2D eigenvalue weighted by atomic mass is 31.3. The number of benzene rings is 1. The molecule has 33 heteroatoms. The lowest BCUT2D eigenvalue weighted by Crippen LogP contribution is -2.30. The van der Waals surface area contributed by atoms with Gasteiger partial charge in [-0.3, -0.25) is 18.7 Å². The molecule has 0 radical (unpaired) electrons. The Morgan fingerprint density at radius 1 is 1.11 bits per heavy atom. The molecule has 3 rings (SSSR count). The Bertz CT molecular complexity index is 2210. The summed E-state index contributed by atoms with van der Waals surface area (Å²) >= 11 is 0. The molecule has 10 N–H and O–H groups in total. The lowest BCUT2D eigenvalue weighted by Gasteiger charge is -2.21. The molecule has 0 spiro atoms. The van der Waals surface area contributed by atoms with Crippen molar-refractivity contribution < 1.29 is 79.7 Å². The van der Waals surface area contributed by atoms with E-state index in [0.29, 0.717) is 17.9 Å². The van der Waals surface area contributed by atoms with E-state index in [1.165, 1.54) is 6.07 Å². The van der Waals surface area contributed by atoms with Crippen LogP contribution in [-0.2, 0) is 50.6 Å². The second kappa shape index (κ2) is 24.5. The van der Waals surface area contributed by atoms with E-state index in [1.54, 1.807) is 18.2 Å². The zero-order chi connectivity index (χ0) is 45.1. The highest BCUT2D eigenvalue weighted by Gasteiger charge is 2.43. The number of carbonyl (C=O) groups excluding carboxylic acids is 2. The summed E-state index contributed by atoms with van der Waals surface area (Å²) in [6.45, 7) is -1.98. The Balaban J connectivity index is 1.51. The second-order valence-corrected chi connectivity index (χ2v) is 16.0. The van der Waals surface area contributed by atoms with E-state index < -0.39 is 79.7 Å². The third-order valence-electron chi connectivity index (χ3n) is 7.17. The molecule has 0 saturated carbocycles. The van der Waals surface area contributed by atoms with Crippen LogP contribution in [0.3, 0.4) is 0 Å². The lowest BCUT2D eigenvalue weighted by atomic mass is 10.2. The fraction of sp³-hybridized carbons (Fsp3) is 0.500. The van der Waals surface area contributed by atoms with E-state index in [0.717, 1.165) is 10.8 Å². The van der Waals surface area contributed by atoms with Gasteiger partial charge in [-0.2, -0.15) is 13.6 Å². The Morgan fingerprint density at radius 2 is 1.89 bits per heavy atom. The predicted molar refractivity (Wildman–Crippen MR) is 203 cm³/mol. The first-order valence-corrected chi connectivity index (χ1v) is 21.5. The molecule has 1 fully saturated rings. The maximum absolute atomic E-state index is 12.8. The van der Waals surface area contributed by atoms with Crippen LogP contribution in [0.4, 0.5) is 5.82 Å². The van der Waals surface area contributed by atoms with Crippen molar-refractivity contribution in [3.63, 3.8) is 0 Å². The summed E-state index contributed by atoms with van der Waals surface area (Å²) in [6, 6.07) is 6.27. The largest absolute Gasteiger partial charge is 0.491 e. The van der Waals surface area contributed by atoms with Crippen molar-refractivity contribution in [1.82, 2.24) is 20.2 Å². The van der Waals surface area contributed by atoms with Gasteiger partial charge in [0.05, 0.1) is 38.0 Å². The zero-order valence-corrected chi connectivity index (χ0v) is 34.0. The molecule has 2 amide bonds. The molecule has 2 aromatic rings. The van der Waals surface area contributed by atoms with Crippen molar-refractivity contribution in [2.24, 2.45) is 16.0 Å². The maximum atomic E-state index is 12.8. The van der Waals surface area contributed by atoms with Gasteiger partial charge in [0.2, 0.25) is 5.91 Å². The molecule has 0 aliphatic carbocycles. The molecule has 61 heavy (non-hydrogen) atoms. The first-order chi connectivity index (χ1) is 28.8. The number of hydrogen-bond donors (Lipinski definition) is 8. The molecule has 30 nitrogen and oxygen atoms in total. The van der Waals surface area contributed by atoms with Crippen LogP contribution in [0.2, 0.25) is 0 Å². The fourth-order valence-electron chi connectivity index (χ4n) is 4.70. The number of nitrogen functional groups attached to an aromatic ring is 1. The van der Waals surface area contributed by atoms with E-state index in [9.17, 15) is 37.9 Å². The van der Waals surface area contributed by atoms with Crippen LogP contribution in [0, 0.1) is 11.8 Å². The highest BCUT2D eigenvalue weighted by molar-refractivity contribution is 7.66.